The van der Waals surface area contributed by atoms with Gasteiger partial charge in [-0.05, 0) is 31.6 Å². The average Bonchev–Trinajstić information content (AvgIpc) is 3.15. The third-order valence-electron chi connectivity index (χ3n) is 4.46. The van der Waals surface area contributed by atoms with Crippen molar-refractivity contribution in [3.63, 3.8) is 0 Å². The Balaban J connectivity index is 1.65. The van der Waals surface area contributed by atoms with Crippen LogP contribution in [0.5, 0.6) is 0 Å². The van der Waals surface area contributed by atoms with Crippen LogP contribution in [-0.2, 0) is 6.54 Å². The Morgan fingerprint density at radius 1 is 1.14 bits per heavy atom. The number of hydrogen-bond donors (Lipinski definition) is 1. The van der Waals surface area contributed by atoms with Gasteiger partial charge in [-0.2, -0.15) is 0 Å². The molecule has 0 spiro atoms. The quantitative estimate of drug-likeness (QED) is 0.837. The fourth-order valence-electron chi connectivity index (χ4n) is 3.16. The van der Waals surface area contributed by atoms with Crippen molar-refractivity contribution in [3.05, 3.63) is 18.1 Å². The zero-order valence-electron chi connectivity index (χ0n) is 13.4. The highest BCUT2D eigenvalue weighted by Crippen LogP contribution is 2.27. The molecule has 0 radical (unpaired) electrons. The summed E-state index contributed by atoms with van der Waals surface area (Å²) in [6.07, 6.45) is 11.9. The first-order valence-electron chi connectivity index (χ1n) is 8.53. The summed E-state index contributed by atoms with van der Waals surface area (Å²) >= 11 is 0. The smallest absolute Gasteiger partial charge is 0.147 e. The van der Waals surface area contributed by atoms with Crippen molar-refractivity contribution in [3.8, 4) is 0 Å². The van der Waals surface area contributed by atoms with Gasteiger partial charge in [0.25, 0.3) is 0 Å². The fraction of sp³-hybridized carbons (Fsp3) is 0.765. The molecule has 3 rings (SSSR count). The van der Waals surface area contributed by atoms with Crippen LogP contribution in [0.3, 0.4) is 0 Å². The van der Waals surface area contributed by atoms with Crippen molar-refractivity contribution < 1.29 is 0 Å². The van der Waals surface area contributed by atoms with Crippen LogP contribution in [0.15, 0.2) is 12.4 Å². The molecule has 1 aromatic rings. The molecule has 0 atom stereocenters. The van der Waals surface area contributed by atoms with Crippen molar-refractivity contribution in [2.45, 2.75) is 71.0 Å². The summed E-state index contributed by atoms with van der Waals surface area (Å²) in [7, 11) is 0. The Hall–Kier alpha value is -1.16. The fourth-order valence-corrected chi connectivity index (χ4v) is 3.16. The minimum atomic E-state index is 0.656. The molecule has 1 N–H and O–H groups in total. The molecule has 1 heterocycles. The Morgan fingerprint density at radius 2 is 1.90 bits per heavy atom. The second-order valence-corrected chi connectivity index (χ2v) is 7.01. The first kappa shape index (κ1) is 14.8. The van der Waals surface area contributed by atoms with Crippen molar-refractivity contribution in [2.24, 2.45) is 5.92 Å². The first-order chi connectivity index (χ1) is 10.2. The summed E-state index contributed by atoms with van der Waals surface area (Å²) < 4.78 is 0. The van der Waals surface area contributed by atoms with E-state index in [2.05, 4.69) is 29.0 Å². The summed E-state index contributed by atoms with van der Waals surface area (Å²) in [6, 6.07) is 1.39. The van der Waals surface area contributed by atoms with Crippen LogP contribution >= 0.6 is 0 Å². The second-order valence-electron chi connectivity index (χ2n) is 7.01. The van der Waals surface area contributed by atoms with Gasteiger partial charge in [-0.3, -0.25) is 4.98 Å². The SMILES string of the molecule is CC(C)CN(c1cnc(CNC2CC2)cn1)C1CCCC1. The van der Waals surface area contributed by atoms with Gasteiger partial charge in [0.15, 0.2) is 0 Å². The number of aromatic nitrogens is 2. The second kappa shape index (κ2) is 6.73. The topological polar surface area (TPSA) is 41.1 Å². The summed E-state index contributed by atoms with van der Waals surface area (Å²) in [4.78, 5) is 11.8. The van der Waals surface area contributed by atoms with E-state index in [1.165, 1.54) is 38.5 Å². The van der Waals surface area contributed by atoms with Gasteiger partial charge in [0.05, 0.1) is 18.1 Å². The molecule has 1 aromatic heterocycles. The van der Waals surface area contributed by atoms with Crippen LogP contribution in [-0.4, -0.2) is 28.6 Å². The van der Waals surface area contributed by atoms with Crippen LogP contribution in [0.1, 0.15) is 58.1 Å². The summed E-state index contributed by atoms with van der Waals surface area (Å²) in [5.74, 6) is 1.72. The molecule has 0 unspecified atom stereocenters. The number of hydrogen-bond acceptors (Lipinski definition) is 4. The molecule has 4 nitrogen and oxygen atoms in total. The molecule has 0 bridgehead atoms. The van der Waals surface area contributed by atoms with Crippen molar-refractivity contribution >= 4 is 5.82 Å². The van der Waals surface area contributed by atoms with Gasteiger partial charge >= 0.3 is 0 Å². The Kier molecular flexibility index (Phi) is 4.73. The van der Waals surface area contributed by atoms with Crippen LogP contribution in [0.2, 0.25) is 0 Å². The molecule has 116 valence electrons. The lowest BCUT2D eigenvalue weighted by molar-refractivity contribution is 0.530. The molecule has 2 fully saturated rings. The van der Waals surface area contributed by atoms with Gasteiger partial charge < -0.3 is 10.2 Å². The van der Waals surface area contributed by atoms with Crippen molar-refractivity contribution in [2.75, 3.05) is 11.4 Å². The molecule has 0 aliphatic heterocycles. The largest absolute Gasteiger partial charge is 0.352 e. The summed E-state index contributed by atoms with van der Waals surface area (Å²) in [6.45, 7) is 6.50. The molecular weight excluding hydrogens is 260 g/mol. The molecule has 2 saturated carbocycles. The predicted molar refractivity (Wildman–Crippen MR) is 86.3 cm³/mol. The van der Waals surface area contributed by atoms with Crippen LogP contribution in [0.25, 0.3) is 0 Å². The van der Waals surface area contributed by atoms with Gasteiger partial charge in [0, 0.05) is 25.2 Å². The maximum absolute atomic E-state index is 4.70. The molecule has 0 amide bonds. The molecule has 4 heteroatoms. The van der Waals surface area contributed by atoms with E-state index in [1.54, 1.807) is 0 Å². The van der Waals surface area contributed by atoms with Crippen molar-refractivity contribution in [1.29, 1.82) is 0 Å². The minimum absolute atomic E-state index is 0.656. The van der Waals surface area contributed by atoms with Gasteiger partial charge in [0.2, 0.25) is 0 Å². The van der Waals surface area contributed by atoms with Gasteiger partial charge in [-0.15, -0.1) is 0 Å². The first-order valence-corrected chi connectivity index (χ1v) is 8.53. The van der Waals surface area contributed by atoms with Crippen LogP contribution in [0.4, 0.5) is 5.82 Å². The number of nitrogens with zero attached hydrogens (tertiary/aromatic N) is 3. The molecule has 0 saturated heterocycles. The minimum Gasteiger partial charge on any atom is -0.352 e. The Morgan fingerprint density at radius 3 is 2.48 bits per heavy atom. The van der Waals surface area contributed by atoms with Crippen molar-refractivity contribution in [1.82, 2.24) is 15.3 Å². The van der Waals surface area contributed by atoms with Gasteiger partial charge in [-0.25, -0.2) is 4.98 Å². The normalized spacial score (nSPS) is 19.4. The standard InChI is InChI=1S/C17H28N4/c1-13(2)12-21(16-5-3-4-6-16)17-11-19-15(10-20-17)9-18-14-7-8-14/h10-11,13-14,16,18H,3-9,12H2,1-2H3. The average molecular weight is 288 g/mol. The highest BCUT2D eigenvalue weighted by Gasteiger charge is 2.24. The van der Waals surface area contributed by atoms with E-state index in [0.717, 1.165) is 30.6 Å². The van der Waals surface area contributed by atoms with Crippen LogP contribution < -0.4 is 10.2 Å². The molecular formula is C17H28N4. The molecule has 2 aliphatic carbocycles. The third-order valence-corrected chi connectivity index (χ3v) is 4.46. The monoisotopic (exact) mass is 288 g/mol. The van der Waals surface area contributed by atoms with E-state index < -0.39 is 0 Å². The molecule has 0 aromatic carbocycles. The number of anilines is 1. The van der Waals surface area contributed by atoms with E-state index in [0.29, 0.717) is 12.0 Å². The van der Waals surface area contributed by atoms with Gasteiger partial charge in [0.1, 0.15) is 5.82 Å². The van der Waals surface area contributed by atoms with Gasteiger partial charge in [-0.1, -0.05) is 26.7 Å². The Bertz CT molecular complexity index is 433. The lowest BCUT2D eigenvalue weighted by atomic mass is 10.1. The highest BCUT2D eigenvalue weighted by molar-refractivity contribution is 5.38. The summed E-state index contributed by atoms with van der Waals surface area (Å²) in [5.41, 5.74) is 1.06. The van der Waals surface area contributed by atoms with E-state index in [9.17, 15) is 0 Å². The van der Waals surface area contributed by atoms with E-state index >= 15 is 0 Å². The molecule has 2 aliphatic rings. The molecule has 21 heavy (non-hydrogen) atoms. The van der Waals surface area contributed by atoms with E-state index in [-0.39, 0.29) is 0 Å². The zero-order valence-corrected chi connectivity index (χ0v) is 13.4. The maximum atomic E-state index is 4.70. The lowest BCUT2D eigenvalue weighted by Gasteiger charge is -2.31. The third kappa shape index (κ3) is 4.16. The van der Waals surface area contributed by atoms with E-state index in [4.69, 9.17) is 4.98 Å². The lowest BCUT2D eigenvalue weighted by Crippen LogP contribution is -2.37. The number of rotatable bonds is 7. The number of nitrogens with one attached hydrogen (secondary N) is 1. The highest BCUT2D eigenvalue weighted by atomic mass is 15.2. The maximum Gasteiger partial charge on any atom is 0.147 e. The van der Waals surface area contributed by atoms with Crippen LogP contribution in [0, 0.1) is 5.92 Å². The predicted octanol–water partition coefficient (Wildman–Crippen LogP) is 3.13. The zero-order chi connectivity index (χ0) is 14.7. The summed E-state index contributed by atoms with van der Waals surface area (Å²) in [5, 5.41) is 3.49. The van der Waals surface area contributed by atoms with E-state index in [1.807, 2.05) is 12.4 Å². The Labute approximate surface area is 128 Å².